The maximum atomic E-state index is 12.0. The maximum absolute atomic E-state index is 12.0. The Balaban J connectivity index is 1.45. The van der Waals surface area contributed by atoms with Crippen molar-refractivity contribution in [1.82, 2.24) is 10.6 Å². The number of hydrogen-bond acceptors (Lipinski definition) is 2. The highest BCUT2D eigenvalue weighted by atomic mass is 16.1. The first-order valence-electron chi connectivity index (χ1n) is 8.64. The van der Waals surface area contributed by atoms with Gasteiger partial charge in [0, 0.05) is 38.8 Å². The summed E-state index contributed by atoms with van der Waals surface area (Å²) in [5.41, 5.74) is 3.64. The smallest absolute Gasteiger partial charge is 0.222 e. The third-order valence-electron chi connectivity index (χ3n) is 4.32. The average Bonchev–Trinajstić information content (AvgIpc) is 3.08. The molecule has 0 radical (unpaired) electrons. The molecule has 0 aliphatic carbocycles. The van der Waals surface area contributed by atoms with Gasteiger partial charge in [-0.1, -0.05) is 48.5 Å². The molecule has 2 aromatic carbocycles. The van der Waals surface area contributed by atoms with Gasteiger partial charge in [0.05, 0.1) is 0 Å². The molecule has 1 heterocycles. The summed E-state index contributed by atoms with van der Waals surface area (Å²) in [7, 11) is 1.78. The Bertz CT molecular complexity index is 742. The number of carbonyl (C=O) groups excluding carboxylic acids is 1. The molecule has 0 aromatic heterocycles. The number of guanidine groups is 1. The molecular weight excluding hydrogens is 312 g/mol. The standard InChI is InChI=1S/C20H24N4O/c1-21-20(24-14-12-17-9-5-6-10-18(17)24)22-13-11-19(25)23-15-16-7-3-2-4-8-16/h2-10H,11-15H2,1H3,(H,21,22)(H,23,25). The van der Waals surface area contributed by atoms with Gasteiger partial charge in [-0.25, -0.2) is 0 Å². The van der Waals surface area contributed by atoms with Crippen LogP contribution in [0.2, 0.25) is 0 Å². The Hall–Kier alpha value is -2.82. The second kappa shape index (κ2) is 8.33. The largest absolute Gasteiger partial charge is 0.355 e. The van der Waals surface area contributed by atoms with E-state index in [4.69, 9.17) is 0 Å². The zero-order chi connectivity index (χ0) is 17.5. The van der Waals surface area contributed by atoms with Gasteiger partial charge < -0.3 is 15.5 Å². The van der Waals surface area contributed by atoms with Crippen molar-refractivity contribution in [2.24, 2.45) is 4.99 Å². The Kier molecular flexibility index (Phi) is 5.67. The summed E-state index contributed by atoms with van der Waals surface area (Å²) in [6, 6.07) is 18.3. The molecule has 1 aliphatic rings. The normalized spacial score (nSPS) is 13.5. The Morgan fingerprint density at radius 1 is 1.08 bits per heavy atom. The lowest BCUT2D eigenvalue weighted by Gasteiger charge is -2.22. The fraction of sp³-hybridized carbons (Fsp3) is 0.300. The number of nitrogens with one attached hydrogen (secondary N) is 2. The molecule has 3 rings (SSSR count). The molecule has 0 saturated heterocycles. The van der Waals surface area contributed by atoms with Crippen molar-refractivity contribution in [3.05, 3.63) is 65.7 Å². The molecule has 25 heavy (non-hydrogen) atoms. The van der Waals surface area contributed by atoms with E-state index in [0.29, 0.717) is 19.5 Å². The van der Waals surface area contributed by atoms with Crippen LogP contribution in [0, 0.1) is 0 Å². The molecule has 0 fully saturated rings. The summed E-state index contributed by atoms with van der Waals surface area (Å²) in [5.74, 6) is 0.856. The molecule has 2 aromatic rings. The van der Waals surface area contributed by atoms with Crippen LogP contribution >= 0.6 is 0 Å². The highest BCUT2D eigenvalue weighted by molar-refractivity contribution is 5.98. The van der Waals surface area contributed by atoms with Crippen molar-refractivity contribution in [2.45, 2.75) is 19.4 Å². The molecule has 0 unspecified atom stereocenters. The highest BCUT2D eigenvalue weighted by Crippen LogP contribution is 2.27. The third-order valence-corrected chi connectivity index (χ3v) is 4.32. The number of benzene rings is 2. The highest BCUT2D eigenvalue weighted by Gasteiger charge is 2.22. The van der Waals surface area contributed by atoms with Gasteiger partial charge in [-0.15, -0.1) is 0 Å². The van der Waals surface area contributed by atoms with Crippen molar-refractivity contribution < 1.29 is 4.79 Å². The minimum Gasteiger partial charge on any atom is -0.355 e. The topological polar surface area (TPSA) is 56.7 Å². The summed E-state index contributed by atoms with van der Waals surface area (Å²) in [6.07, 6.45) is 1.44. The van der Waals surface area contributed by atoms with Crippen LogP contribution in [0.5, 0.6) is 0 Å². The zero-order valence-corrected chi connectivity index (χ0v) is 14.5. The SMILES string of the molecule is CN=C(NCCC(=O)NCc1ccccc1)N1CCc2ccccc21. The number of hydrogen-bond donors (Lipinski definition) is 2. The molecule has 5 nitrogen and oxygen atoms in total. The number of para-hydroxylation sites is 1. The zero-order valence-electron chi connectivity index (χ0n) is 14.5. The van der Waals surface area contributed by atoms with Crippen molar-refractivity contribution in [3.8, 4) is 0 Å². The van der Waals surface area contributed by atoms with E-state index >= 15 is 0 Å². The minimum absolute atomic E-state index is 0.0358. The maximum Gasteiger partial charge on any atom is 0.222 e. The number of carbonyl (C=O) groups is 1. The lowest BCUT2D eigenvalue weighted by Crippen LogP contribution is -2.42. The summed E-state index contributed by atoms with van der Waals surface area (Å²) in [5, 5.41) is 6.24. The summed E-state index contributed by atoms with van der Waals surface area (Å²) in [4.78, 5) is 18.5. The molecule has 0 saturated carbocycles. The Morgan fingerprint density at radius 2 is 1.84 bits per heavy atom. The number of anilines is 1. The molecule has 5 heteroatoms. The number of amides is 1. The van der Waals surface area contributed by atoms with Crippen molar-refractivity contribution in [2.75, 3.05) is 25.0 Å². The van der Waals surface area contributed by atoms with Gasteiger partial charge in [-0.3, -0.25) is 9.79 Å². The van der Waals surface area contributed by atoms with E-state index in [9.17, 15) is 4.79 Å². The van der Waals surface area contributed by atoms with Crippen LogP contribution in [0.1, 0.15) is 17.5 Å². The number of aliphatic imine (C=N–C) groups is 1. The van der Waals surface area contributed by atoms with Crippen molar-refractivity contribution >= 4 is 17.6 Å². The Labute approximate surface area is 148 Å². The first-order chi connectivity index (χ1) is 12.3. The fourth-order valence-corrected chi connectivity index (χ4v) is 3.03. The summed E-state index contributed by atoms with van der Waals surface area (Å²) in [6.45, 7) is 2.04. The monoisotopic (exact) mass is 336 g/mol. The molecular formula is C20H24N4O. The lowest BCUT2D eigenvalue weighted by molar-refractivity contribution is -0.121. The Morgan fingerprint density at radius 3 is 2.64 bits per heavy atom. The van der Waals surface area contributed by atoms with Crippen molar-refractivity contribution in [3.63, 3.8) is 0 Å². The van der Waals surface area contributed by atoms with Crippen LogP contribution in [-0.2, 0) is 17.8 Å². The molecule has 1 aliphatic heterocycles. The first-order valence-corrected chi connectivity index (χ1v) is 8.64. The van der Waals surface area contributed by atoms with Crippen LogP contribution < -0.4 is 15.5 Å². The minimum atomic E-state index is 0.0358. The number of rotatable bonds is 5. The average molecular weight is 336 g/mol. The van der Waals surface area contributed by atoms with Crippen LogP contribution in [0.25, 0.3) is 0 Å². The summed E-state index contributed by atoms with van der Waals surface area (Å²) < 4.78 is 0. The number of nitrogens with zero attached hydrogens (tertiary/aromatic N) is 2. The first kappa shape index (κ1) is 17.0. The van der Waals surface area contributed by atoms with Crippen LogP contribution in [0.4, 0.5) is 5.69 Å². The van der Waals surface area contributed by atoms with E-state index in [1.54, 1.807) is 7.05 Å². The number of fused-ring (bicyclic) bond motifs is 1. The molecule has 130 valence electrons. The predicted molar refractivity (Wildman–Crippen MR) is 102 cm³/mol. The van der Waals surface area contributed by atoms with Crippen LogP contribution in [0.15, 0.2) is 59.6 Å². The van der Waals surface area contributed by atoms with E-state index in [2.05, 4.69) is 38.7 Å². The second-order valence-electron chi connectivity index (χ2n) is 6.02. The van der Waals surface area contributed by atoms with Gasteiger partial charge in [0.1, 0.15) is 0 Å². The molecule has 2 N–H and O–H groups in total. The molecule has 1 amide bonds. The van der Waals surface area contributed by atoms with Gasteiger partial charge in [0.15, 0.2) is 5.96 Å². The van der Waals surface area contributed by atoms with E-state index in [-0.39, 0.29) is 5.91 Å². The van der Waals surface area contributed by atoms with Gasteiger partial charge >= 0.3 is 0 Å². The molecule has 0 spiro atoms. The second-order valence-corrected chi connectivity index (χ2v) is 6.02. The van der Waals surface area contributed by atoms with E-state index in [0.717, 1.165) is 24.5 Å². The van der Waals surface area contributed by atoms with E-state index in [1.807, 2.05) is 36.4 Å². The quantitative estimate of drug-likeness (QED) is 0.651. The van der Waals surface area contributed by atoms with Gasteiger partial charge in [-0.2, -0.15) is 0 Å². The van der Waals surface area contributed by atoms with Crippen molar-refractivity contribution in [1.29, 1.82) is 0 Å². The van der Waals surface area contributed by atoms with Crippen LogP contribution in [-0.4, -0.2) is 32.0 Å². The fourth-order valence-electron chi connectivity index (χ4n) is 3.03. The summed E-state index contributed by atoms with van der Waals surface area (Å²) >= 11 is 0. The lowest BCUT2D eigenvalue weighted by atomic mass is 10.2. The van der Waals surface area contributed by atoms with Gasteiger partial charge in [-0.05, 0) is 23.6 Å². The predicted octanol–water partition coefficient (Wildman–Crippen LogP) is 2.33. The molecule has 0 atom stereocenters. The third kappa shape index (κ3) is 4.38. The van der Waals surface area contributed by atoms with Gasteiger partial charge in [0.25, 0.3) is 0 Å². The van der Waals surface area contributed by atoms with Crippen LogP contribution in [0.3, 0.4) is 0 Å². The molecule has 0 bridgehead atoms. The van der Waals surface area contributed by atoms with Gasteiger partial charge in [0.2, 0.25) is 5.91 Å². The van der Waals surface area contributed by atoms with E-state index in [1.165, 1.54) is 11.3 Å². The van der Waals surface area contributed by atoms with E-state index < -0.39 is 0 Å².